The average molecular weight is 371 g/mol. The number of nitrogens with zero attached hydrogens (tertiary/aromatic N) is 2. The number of carbonyl (C=O) groups is 1. The van der Waals surface area contributed by atoms with Crippen LogP contribution in [0.3, 0.4) is 0 Å². The van der Waals surface area contributed by atoms with E-state index in [9.17, 15) is 4.79 Å². The SMILES string of the molecule is CCSC(=Nc1cc(-c2ccc(C)cc2)[nH]n1)NC(=O)c1cccs1. The molecule has 0 aliphatic rings. The topological polar surface area (TPSA) is 70.1 Å². The maximum Gasteiger partial charge on any atom is 0.267 e. The van der Waals surface area contributed by atoms with E-state index in [2.05, 4.69) is 39.6 Å². The molecule has 3 aromatic rings. The summed E-state index contributed by atoms with van der Waals surface area (Å²) in [5.74, 6) is 1.20. The first kappa shape index (κ1) is 17.4. The fourth-order valence-corrected chi connectivity index (χ4v) is 3.37. The van der Waals surface area contributed by atoms with Crippen LogP contribution >= 0.6 is 23.1 Å². The van der Waals surface area contributed by atoms with Crippen LogP contribution in [0.25, 0.3) is 11.3 Å². The first-order valence-corrected chi connectivity index (χ1v) is 9.71. The van der Waals surface area contributed by atoms with Gasteiger partial charge in [0.25, 0.3) is 5.91 Å². The standard InChI is InChI=1S/C18H18N4OS2/c1-3-24-18(20-17(23)15-5-4-10-25-15)19-16-11-14(21-22-16)13-8-6-12(2)7-9-13/h4-11H,3H2,1-2H3,(H2,19,20,21,22,23). The van der Waals surface area contributed by atoms with Crippen molar-refractivity contribution in [3.63, 3.8) is 0 Å². The summed E-state index contributed by atoms with van der Waals surface area (Å²) >= 11 is 2.87. The van der Waals surface area contributed by atoms with Crippen molar-refractivity contribution < 1.29 is 4.79 Å². The Labute approximate surface area is 154 Å². The quantitative estimate of drug-likeness (QED) is 0.520. The number of carbonyl (C=O) groups excluding carboxylic acids is 1. The number of nitrogens with one attached hydrogen (secondary N) is 2. The second-order valence-electron chi connectivity index (χ2n) is 5.29. The number of benzene rings is 1. The molecule has 1 amide bonds. The smallest absolute Gasteiger partial charge is 0.267 e. The summed E-state index contributed by atoms with van der Waals surface area (Å²) in [4.78, 5) is 17.3. The molecule has 3 rings (SSSR count). The first-order chi connectivity index (χ1) is 12.2. The third-order valence-corrected chi connectivity index (χ3v) is 5.01. The van der Waals surface area contributed by atoms with Gasteiger partial charge in [-0.2, -0.15) is 5.10 Å². The Balaban J connectivity index is 1.78. The van der Waals surface area contributed by atoms with Gasteiger partial charge >= 0.3 is 0 Å². The van der Waals surface area contributed by atoms with Gasteiger partial charge in [0.15, 0.2) is 11.0 Å². The highest BCUT2D eigenvalue weighted by molar-refractivity contribution is 8.13. The molecular formula is C18H18N4OS2. The zero-order chi connectivity index (χ0) is 17.6. The van der Waals surface area contributed by atoms with Crippen LogP contribution in [0.5, 0.6) is 0 Å². The fourth-order valence-electron chi connectivity index (χ4n) is 2.15. The van der Waals surface area contributed by atoms with E-state index in [4.69, 9.17) is 0 Å². The van der Waals surface area contributed by atoms with Gasteiger partial charge in [0.05, 0.1) is 10.6 Å². The molecular weight excluding hydrogens is 352 g/mol. The maximum atomic E-state index is 12.2. The number of thiophene rings is 1. The highest BCUT2D eigenvalue weighted by Crippen LogP contribution is 2.22. The number of aryl methyl sites for hydroxylation is 1. The average Bonchev–Trinajstić information content (AvgIpc) is 3.27. The first-order valence-electron chi connectivity index (χ1n) is 7.84. The minimum atomic E-state index is -0.149. The number of hydrogen-bond donors (Lipinski definition) is 2. The van der Waals surface area contributed by atoms with Crippen LogP contribution in [-0.2, 0) is 0 Å². The van der Waals surface area contributed by atoms with Crippen molar-refractivity contribution in [1.82, 2.24) is 15.5 Å². The Morgan fingerprint density at radius 3 is 2.80 bits per heavy atom. The summed E-state index contributed by atoms with van der Waals surface area (Å²) in [5, 5.41) is 12.5. The monoisotopic (exact) mass is 370 g/mol. The molecule has 0 radical (unpaired) electrons. The zero-order valence-corrected chi connectivity index (χ0v) is 15.6. The Kier molecular flexibility index (Phi) is 5.67. The zero-order valence-electron chi connectivity index (χ0n) is 13.9. The molecule has 5 nitrogen and oxygen atoms in total. The molecule has 0 fully saturated rings. The van der Waals surface area contributed by atoms with E-state index in [1.165, 1.54) is 28.7 Å². The predicted octanol–water partition coefficient (Wildman–Crippen LogP) is 4.62. The number of amides is 1. The lowest BCUT2D eigenvalue weighted by molar-refractivity contribution is 0.0982. The van der Waals surface area contributed by atoms with Gasteiger partial charge < -0.3 is 5.32 Å². The Bertz CT molecular complexity index is 867. The molecule has 0 saturated carbocycles. The summed E-state index contributed by atoms with van der Waals surface area (Å²) in [7, 11) is 0. The third kappa shape index (κ3) is 4.58. The molecule has 2 heterocycles. The summed E-state index contributed by atoms with van der Waals surface area (Å²) in [5.41, 5.74) is 3.15. The van der Waals surface area contributed by atoms with Crippen LogP contribution in [-0.4, -0.2) is 27.0 Å². The molecule has 0 aliphatic carbocycles. The molecule has 0 aliphatic heterocycles. The van der Waals surface area contributed by atoms with E-state index in [1.807, 2.05) is 36.6 Å². The minimum absolute atomic E-state index is 0.149. The van der Waals surface area contributed by atoms with E-state index in [-0.39, 0.29) is 5.91 Å². The molecule has 0 saturated heterocycles. The van der Waals surface area contributed by atoms with Crippen molar-refractivity contribution in [2.75, 3.05) is 5.75 Å². The van der Waals surface area contributed by atoms with Crippen molar-refractivity contribution in [1.29, 1.82) is 0 Å². The van der Waals surface area contributed by atoms with Crippen LogP contribution in [0.15, 0.2) is 52.8 Å². The Morgan fingerprint density at radius 2 is 2.12 bits per heavy atom. The van der Waals surface area contributed by atoms with E-state index in [0.29, 0.717) is 15.9 Å². The maximum absolute atomic E-state index is 12.2. The molecule has 0 atom stereocenters. The molecule has 0 bridgehead atoms. The minimum Gasteiger partial charge on any atom is -0.300 e. The second-order valence-corrected chi connectivity index (χ2v) is 7.49. The van der Waals surface area contributed by atoms with Crippen LogP contribution in [0.2, 0.25) is 0 Å². The summed E-state index contributed by atoms with van der Waals surface area (Å²) in [6, 6.07) is 13.7. The summed E-state index contributed by atoms with van der Waals surface area (Å²) < 4.78 is 0. The van der Waals surface area contributed by atoms with E-state index in [1.54, 1.807) is 6.07 Å². The van der Waals surface area contributed by atoms with Gasteiger partial charge in [-0.05, 0) is 29.7 Å². The molecule has 2 N–H and O–H groups in total. The molecule has 7 heteroatoms. The number of thioether (sulfide) groups is 1. The number of amidine groups is 1. The van der Waals surface area contributed by atoms with Crippen LogP contribution in [0, 0.1) is 6.92 Å². The molecule has 0 spiro atoms. The van der Waals surface area contributed by atoms with Crippen molar-refractivity contribution in [2.45, 2.75) is 13.8 Å². The van der Waals surface area contributed by atoms with Gasteiger partial charge in [-0.15, -0.1) is 11.3 Å². The number of hydrogen-bond acceptors (Lipinski definition) is 5. The van der Waals surface area contributed by atoms with Gasteiger partial charge in [-0.25, -0.2) is 4.99 Å². The van der Waals surface area contributed by atoms with Crippen molar-refractivity contribution >= 4 is 40.0 Å². The number of H-pyrrole nitrogens is 1. The predicted molar refractivity (Wildman–Crippen MR) is 106 cm³/mol. The van der Waals surface area contributed by atoms with Crippen molar-refractivity contribution in [3.8, 4) is 11.3 Å². The van der Waals surface area contributed by atoms with E-state index >= 15 is 0 Å². The second kappa shape index (κ2) is 8.13. The Morgan fingerprint density at radius 1 is 1.32 bits per heavy atom. The lowest BCUT2D eigenvalue weighted by atomic mass is 10.1. The molecule has 1 aromatic carbocycles. The summed E-state index contributed by atoms with van der Waals surface area (Å²) in [6.45, 7) is 4.07. The number of rotatable bonds is 4. The Hall–Kier alpha value is -2.38. The lowest BCUT2D eigenvalue weighted by Gasteiger charge is -2.05. The highest BCUT2D eigenvalue weighted by atomic mass is 32.2. The third-order valence-electron chi connectivity index (χ3n) is 3.39. The van der Waals surface area contributed by atoms with Crippen molar-refractivity contribution in [3.05, 3.63) is 58.3 Å². The highest BCUT2D eigenvalue weighted by Gasteiger charge is 2.11. The van der Waals surface area contributed by atoms with Crippen LogP contribution in [0.4, 0.5) is 5.82 Å². The fraction of sp³-hybridized carbons (Fsp3) is 0.167. The molecule has 2 aromatic heterocycles. The molecule has 128 valence electrons. The largest absolute Gasteiger partial charge is 0.300 e. The number of aromatic nitrogens is 2. The van der Waals surface area contributed by atoms with Crippen molar-refractivity contribution in [2.24, 2.45) is 4.99 Å². The van der Waals surface area contributed by atoms with Crippen LogP contribution < -0.4 is 5.32 Å². The van der Waals surface area contributed by atoms with E-state index in [0.717, 1.165) is 17.0 Å². The molecule has 25 heavy (non-hydrogen) atoms. The van der Waals surface area contributed by atoms with Gasteiger partial charge in [0.1, 0.15) is 0 Å². The number of aliphatic imine (C=N–C) groups is 1. The number of aromatic amines is 1. The van der Waals surface area contributed by atoms with Gasteiger partial charge in [0, 0.05) is 6.07 Å². The van der Waals surface area contributed by atoms with Crippen LogP contribution in [0.1, 0.15) is 22.2 Å². The van der Waals surface area contributed by atoms with Gasteiger partial charge in [0.2, 0.25) is 0 Å². The summed E-state index contributed by atoms with van der Waals surface area (Å²) in [6.07, 6.45) is 0. The lowest BCUT2D eigenvalue weighted by Crippen LogP contribution is -2.27. The normalized spacial score (nSPS) is 11.5. The molecule has 0 unspecified atom stereocenters. The van der Waals surface area contributed by atoms with E-state index < -0.39 is 0 Å². The van der Waals surface area contributed by atoms with Gasteiger partial charge in [-0.1, -0.05) is 54.6 Å². The van der Waals surface area contributed by atoms with Gasteiger partial charge in [-0.3, -0.25) is 9.89 Å².